The number of thiazole rings is 1. The van der Waals surface area contributed by atoms with Crippen molar-refractivity contribution in [2.75, 3.05) is 28.4 Å². The molecule has 28 heavy (non-hydrogen) atoms. The number of hydrogen-bond acceptors (Lipinski definition) is 7. The van der Waals surface area contributed by atoms with Gasteiger partial charge in [0.05, 0.1) is 33.3 Å². The normalized spacial score (nSPS) is 10.6. The van der Waals surface area contributed by atoms with Gasteiger partial charge in [0, 0.05) is 19.3 Å². The summed E-state index contributed by atoms with van der Waals surface area (Å²) in [6.45, 7) is 1.40. The summed E-state index contributed by atoms with van der Waals surface area (Å²) in [5, 5.41) is 4.44. The Bertz CT molecular complexity index is 927. The van der Waals surface area contributed by atoms with Crippen molar-refractivity contribution < 1.29 is 18.9 Å². The molecule has 0 aliphatic heterocycles. The Morgan fingerprint density at radius 2 is 1.43 bits per heavy atom. The molecular weight excluding hydrogens is 376 g/mol. The van der Waals surface area contributed by atoms with E-state index in [-0.39, 0.29) is 0 Å². The van der Waals surface area contributed by atoms with Gasteiger partial charge in [0.15, 0.2) is 23.0 Å². The van der Waals surface area contributed by atoms with Crippen molar-refractivity contribution in [3.8, 4) is 33.4 Å². The summed E-state index contributed by atoms with van der Waals surface area (Å²) in [5.74, 6) is 2.88. The Morgan fingerprint density at radius 3 is 2.11 bits per heavy atom. The summed E-state index contributed by atoms with van der Waals surface area (Å²) in [4.78, 5) is 5.61. The molecule has 0 saturated heterocycles. The Morgan fingerprint density at radius 1 is 0.786 bits per heavy atom. The first-order chi connectivity index (χ1) is 13.7. The summed E-state index contributed by atoms with van der Waals surface area (Å²) in [6, 6.07) is 11.8. The highest BCUT2D eigenvalue weighted by atomic mass is 32.1. The zero-order valence-electron chi connectivity index (χ0n) is 16.4. The van der Waals surface area contributed by atoms with E-state index in [0.717, 1.165) is 32.5 Å². The Balaban J connectivity index is 1.62. The fourth-order valence-electron chi connectivity index (χ4n) is 2.82. The molecule has 1 aromatic heterocycles. The highest BCUT2D eigenvalue weighted by Crippen LogP contribution is 2.34. The topological polar surface area (TPSA) is 61.8 Å². The van der Waals surface area contributed by atoms with Crippen LogP contribution in [0.25, 0.3) is 10.4 Å². The Labute approximate surface area is 169 Å². The molecule has 0 aliphatic rings. The first-order valence-corrected chi connectivity index (χ1v) is 9.58. The molecule has 148 valence electrons. The molecule has 7 heteroatoms. The molecule has 3 aromatic rings. The van der Waals surface area contributed by atoms with Crippen LogP contribution in [0.2, 0.25) is 0 Å². The van der Waals surface area contributed by atoms with Gasteiger partial charge in [0.25, 0.3) is 0 Å². The van der Waals surface area contributed by atoms with Crippen LogP contribution in [0.3, 0.4) is 0 Å². The predicted octanol–water partition coefficient (Wildman–Crippen LogP) is 4.13. The molecule has 0 saturated carbocycles. The minimum atomic E-state index is 0.687. The minimum absolute atomic E-state index is 0.687. The fraction of sp³-hybridized carbons (Fsp3) is 0.286. The molecule has 6 nitrogen and oxygen atoms in total. The van der Waals surface area contributed by atoms with Crippen molar-refractivity contribution in [3.05, 3.63) is 53.2 Å². The van der Waals surface area contributed by atoms with Gasteiger partial charge in [-0.1, -0.05) is 6.07 Å². The first-order valence-electron chi connectivity index (χ1n) is 8.77. The maximum atomic E-state index is 5.38. The van der Waals surface area contributed by atoms with Gasteiger partial charge in [-0.05, 0) is 41.5 Å². The molecule has 3 rings (SSSR count). The van der Waals surface area contributed by atoms with E-state index in [9.17, 15) is 0 Å². The van der Waals surface area contributed by atoms with Crippen molar-refractivity contribution in [2.45, 2.75) is 13.1 Å². The first kappa shape index (κ1) is 20.0. The number of rotatable bonds is 9. The molecule has 2 aromatic carbocycles. The maximum absolute atomic E-state index is 5.38. The van der Waals surface area contributed by atoms with Crippen LogP contribution in [-0.2, 0) is 13.1 Å². The number of aromatic nitrogens is 1. The van der Waals surface area contributed by atoms with Crippen molar-refractivity contribution in [1.82, 2.24) is 10.3 Å². The van der Waals surface area contributed by atoms with Crippen LogP contribution in [0.5, 0.6) is 23.0 Å². The van der Waals surface area contributed by atoms with E-state index in [1.54, 1.807) is 39.8 Å². The lowest BCUT2D eigenvalue weighted by Gasteiger charge is -2.10. The van der Waals surface area contributed by atoms with Crippen LogP contribution >= 0.6 is 11.3 Å². The van der Waals surface area contributed by atoms with Crippen LogP contribution in [-0.4, -0.2) is 33.4 Å². The Hall–Kier alpha value is -2.77. The standard InChI is InChI=1S/C21H24N2O4S/c1-24-16-7-5-14(9-18(16)26-3)11-22-13-21-23-12-20(28-21)15-6-8-17(25-2)19(10-15)27-4/h5-10,12,22H,11,13H2,1-4H3. The van der Waals surface area contributed by atoms with E-state index >= 15 is 0 Å². The van der Waals surface area contributed by atoms with E-state index < -0.39 is 0 Å². The monoisotopic (exact) mass is 400 g/mol. The van der Waals surface area contributed by atoms with Gasteiger partial charge in [0.1, 0.15) is 5.01 Å². The third-order valence-electron chi connectivity index (χ3n) is 4.27. The van der Waals surface area contributed by atoms with Crippen LogP contribution in [0.1, 0.15) is 10.6 Å². The molecule has 0 radical (unpaired) electrons. The van der Waals surface area contributed by atoms with Gasteiger partial charge in [-0.3, -0.25) is 0 Å². The molecule has 0 amide bonds. The highest BCUT2D eigenvalue weighted by Gasteiger charge is 2.10. The third-order valence-corrected chi connectivity index (χ3v) is 5.32. The summed E-state index contributed by atoms with van der Waals surface area (Å²) < 4.78 is 21.3. The van der Waals surface area contributed by atoms with Gasteiger partial charge in [0.2, 0.25) is 0 Å². The zero-order valence-corrected chi connectivity index (χ0v) is 17.3. The molecule has 0 spiro atoms. The number of benzene rings is 2. The highest BCUT2D eigenvalue weighted by molar-refractivity contribution is 7.15. The van der Waals surface area contributed by atoms with Crippen molar-refractivity contribution in [2.24, 2.45) is 0 Å². The summed E-state index contributed by atoms with van der Waals surface area (Å²) in [6.07, 6.45) is 1.89. The molecular formula is C21H24N2O4S. The average molecular weight is 401 g/mol. The third kappa shape index (κ3) is 4.55. The lowest BCUT2D eigenvalue weighted by molar-refractivity contribution is 0.354. The maximum Gasteiger partial charge on any atom is 0.161 e. The smallest absolute Gasteiger partial charge is 0.161 e. The second kappa shape index (κ2) is 9.43. The van der Waals surface area contributed by atoms with Crippen LogP contribution < -0.4 is 24.3 Å². The van der Waals surface area contributed by atoms with Crippen molar-refractivity contribution >= 4 is 11.3 Å². The number of nitrogens with zero attached hydrogens (tertiary/aromatic N) is 1. The lowest BCUT2D eigenvalue weighted by Crippen LogP contribution is -2.12. The van der Waals surface area contributed by atoms with E-state index in [2.05, 4.69) is 10.3 Å². The molecule has 0 atom stereocenters. The zero-order chi connectivity index (χ0) is 19.9. The number of hydrogen-bond donors (Lipinski definition) is 1. The van der Waals surface area contributed by atoms with Gasteiger partial charge in [-0.25, -0.2) is 4.98 Å². The van der Waals surface area contributed by atoms with Gasteiger partial charge in [-0.15, -0.1) is 11.3 Å². The molecule has 0 unspecified atom stereocenters. The largest absolute Gasteiger partial charge is 0.493 e. The van der Waals surface area contributed by atoms with Crippen molar-refractivity contribution in [3.63, 3.8) is 0 Å². The number of methoxy groups -OCH3 is 4. The average Bonchev–Trinajstić information content (AvgIpc) is 3.22. The number of ether oxygens (including phenoxy) is 4. The summed E-state index contributed by atoms with van der Waals surface area (Å²) in [5.41, 5.74) is 2.18. The van der Waals surface area contributed by atoms with Crippen LogP contribution in [0.4, 0.5) is 0 Å². The molecule has 1 N–H and O–H groups in total. The SMILES string of the molecule is COc1ccc(CNCc2ncc(-c3ccc(OC)c(OC)c3)s2)cc1OC. The predicted molar refractivity (Wildman–Crippen MR) is 111 cm³/mol. The van der Waals surface area contributed by atoms with Gasteiger partial charge < -0.3 is 24.3 Å². The van der Waals surface area contributed by atoms with Crippen LogP contribution in [0, 0.1) is 0 Å². The van der Waals surface area contributed by atoms with Gasteiger partial charge >= 0.3 is 0 Å². The van der Waals surface area contributed by atoms with E-state index in [4.69, 9.17) is 18.9 Å². The molecule has 0 bridgehead atoms. The Kier molecular flexibility index (Phi) is 6.73. The van der Waals surface area contributed by atoms with E-state index in [0.29, 0.717) is 24.6 Å². The van der Waals surface area contributed by atoms with Crippen LogP contribution in [0.15, 0.2) is 42.6 Å². The molecule has 1 heterocycles. The minimum Gasteiger partial charge on any atom is -0.493 e. The summed E-state index contributed by atoms with van der Waals surface area (Å²) in [7, 11) is 6.54. The second-order valence-corrected chi connectivity index (χ2v) is 7.10. The quantitative estimate of drug-likeness (QED) is 0.583. The summed E-state index contributed by atoms with van der Waals surface area (Å²) >= 11 is 1.65. The van der Waals surface area contributed by atoms with E-state index in [1.165, 1.54) is 0 Å². The lowest BCUT2D eigenvalue weighted by atomic mass is 10.2. The van der Waals surface area contributed by atoms with Crippen molar-refractivity contribution in [1.29, 1.82) is 0 Å². The molecule has 0 aliphatic carbocycles. The second-order valence-electron chi connectivity index (χ2n) is 5.98. The fourth-order valence-corrected chi connectivity index (χ4v) is 3.70. The number of nitrogens with one attached hydrogen (secondary N) is 1. The van der Waals surface area contributed by atoms with Gasteiger partial charge in [-0.2, -0.15) is 0 Å². The van der Waals surface area contributed by atoms with E-state index in [1.807, 2.05) is 42.6 Å². The molecule has 0 fully saturated rings.